The summed E-state index contributed by atoms with van der Waals surface area (Å²) >= 11 is 0. The number of ether oxygens (including phenoxy) is 1. The second-order valence-corrected chi connectivity index (χ2v) is 8.00. The summed E-state index contributed by atoms with van der Waals surface area (Å²) in [6.45, 7) is 0.608. The van der Waals surface area contributed by atoms with E-state index in [0.29, 0.717) is 31.5 Å². The number of carbonyl (C=O) groups excluding carboxylic acids is 3. The van der Waals surface area contributed by atoms with Crippen molar-refractivity contribution in [2.24, 2.45) is 5.92 Å². The van der Waals surface area contributed by atoms with Crippen molar-refractivity contribution in [3.8, 4) is 11.1 Å². The summed E-state index contributed by atoms with van der Waals surface area (Å²) in [6.07, 6.45) is 1.16. The van der Waals surface area contributed by atoms with Gasteiger partial charge in [0, 0.05) is 24.7 Å². The summed E-state index contributed by atoms with van der Waals surface area (Å²) in [5.41, 5.74) is 2.87. The van der Waals surface area contributed by atoms with Crippen LogP contribution in [-0.2, 0) is 14.3 Å². The number of esters is 1. The van der Waals surface area contributed by atoms with Gasteiger partial charge in [-0.2, -0.15) is 0 Å². The lowest BCUT2D eigenvalue weighted by Gasteiger charge is -2.31. The number of carbonyl (C=O) groups is 3. The quantitative estimate of drug-likeness (QED) is 0.575. The second-order valence-electron chi connectivity index (χ2n) is 8.00. The molecule has 0 aliphatic carbocycles. The maximum Gasteiger partial charge on any atom is 0.339 e. The van der Waals surface area contributed by atoms with Gasteiger partial charge in [0.25, 0.3) is 5.91 Å². The Morgan fingerprint density at radius 2 is 1.42 bits per heavy atom. The highest BCUT2D eigenvalue weighted by atomic mass is 16.5. The van der Waals surface area contributed by atoms with Crippen LogP contribution in [0.4, 0.5) is 5.69 Å². The first kappa shape index (κ1) is 22.3. The van der Waals surface area contributed by atoms with Crippen LogP contribution >= 0.6 is 0 Å². The van der Waals surface area contributed by atoms with Crippen molar-refractivity contribution in [3.05, 3.63) is 90.5 Å². The van der Waals surface area contributed by atoms with Crippen LogP contribution in [0.15, 0.2) is 84.9 Å². The van der Waals surface area contributed by atoms with Crippen LogP contribution in [0, 0.1) is 5.92 Å². The Bertz CT molecular complexity index is 1110. The average Bonchev–Trinajstić information content (AvgIpc) is 2.88. The van der Waals surface area contributed by atoms with E-state index >= 15 is 0 Å². The van der Waals surface area contributed by atoms with Crippen LogP contribution in [-0.4, -0.2) is 42.4 Å². The fourth-order valence-corrected chi connectivity index (χ4v) is 3.98. The first-order valence-corrected chi connectivity index (χ1v) is 11.1. The van der Waals surface area contributed by atoms with Crippen LogP contribution in [0.2, 0.25) is 0 Å². The zero-order valence-electron chi connectivity index (χ0n) is 18.3. The Balaban J connectivity index is 1.28. The van der Waals surface area contributed by atoms with Gasteiger partial charge < -0.3 is 15.0 Å². The monoisotopic (exact) mass is 442 g/mol. The molecule has 1 aliphatic heterocycles. The number of nitrogens with zero attached hydrogens (tertiary/aromatic N) is 1. The molecule has 1 aliphatic rings. The number of hydrogen-bond donors (Lipinski definition) is 1. The van der Waals surface area contributed by atoms with E-state index in [4.69, 9.17) is 4.74 Å². The van der Waals surface area contributed by atoms with E-state index in [2.05, 4.69) is 5.32 Å². The summed E-state index contributed by atoms with van der Waals surface area (Å²) in [5.74, 6) is -0.950. The molecule has 0 bridgehead atoms. The molecule has 1 fully saturated rings. The molecule has 0 saturated carbocycles. The molecule has 1 N–H and O–H groups in total. The lowest BCUT2D eigenvalue weighted by molar-refractivity contribution is -0.137. The number of benzene rings is 3. The molecule has 6 nitrogen and oxygen atoms in total. The predicted molar refractivity (Wildman–Crippen MR) is 127 cm³/mol. The summed E-state index contributed by atoms with van der Waals surface area (Å²) in [6, 6.07) is 26.1. The highest BCUT2D eigenvalue weighted by Gasteiger charge is 2.28. The standard InChI is InChI=1S/C27H26N2O4/c30-25(29-17-15-21(16-18-29)26(31)28-22-11-5-2-6-12-22)19-33-27(32)24-14-8-7-13-23(24)20-9-3-1-4-10-20/h1-14,21H,15-19H2,(H,28,31). The lowest BCUT2D eigenvalue weighted by Crippen LogP contribution is -2.43. The maximum absolute atomic E-state index is 12.7. The van der Waals surface area contributed by atoms with Crippen molar-refractivity contribution in [3.63, 3.8) is 0 Å². The smallest absolute Gasteiger partial charge is 0.339 e. The van der Waals surface area contributed by atoms with Crippen molar-refractivity contribution in [1.82, 2.24) is 4.90 Å². The first-order chi connectivity index (χ1) is 16.1. The van der Waals surface area contributed by atoms with E-state index in [-0.39, 0.29) is 24.3 Å². The molecule has 2 amide bonds. The van der Waals surface area contributed by atoms with Crippen LogP contribution in [0.3, 0.4) is 0 Å². The van der Waals surface area contributed by atoms with Gasteiger partial charge in [-0.3, -0.25) is 9.59 Å². The number of amides is 2. The minimum Gasteiger partial charge on any atom is -0.452 e. The van der Waals surface area contributed by atoms with Crippen molar-refractivity contribution >= 4 is 23.5 Å². The third-order valence-corrected chi connectivity index (χ3v) is 5.82. The molecule has 0 radical (unpaired) electrons. The third-order valence-electron chi connectivity index (χ3n) is 5.82. The van der Waals surface area contributed by atoms with E-state index < -0.39 is 5.97 Å². The topological polar surface area (TPSA) is 75.7 Å². The van der Waals surface area contributed by atoms with Gasteiger partial charge in [-0.05, 0) is 42.2 Å². The van der Waals surface area contributed by atoms with Gasteiger partial charge in [0.2, 0.25) is 5.91 Å². The normalized spacial score (nSPS) is 13.9. The van der Waals surface area contributed by atoms with Crippen LogP contribution < -0.4 is 5.32 Å². The number of anilines is 1. The number of rotatable bonds is 6. The molecule has 168 valence electrons. The molecule has 1 saturated heterocycles. The van der Waals surface area contributed by atoms with Gasteiger partial charge in [-0.25, -0.2) is 4.79 Å². The van der Waals surface area contributed by atoms with E-state index in [1.807, 2.05) is 72.8 Å². The van der Waals surface area contributed by atoms with E-state index in [0.717, 1.165) is 16.8 Å². The van der Waals surface area contributed by atoms with Crippen molar-refractivity contribution < 1.29 is 19.1 Å². The minimum atomic E-state index is -0.528. The maximum atomic E-state index is 12.7. The van der Waals surface area contributed by atoms with Crippen molar-refractivity contribution in [2.45, 2.75) is 12.8 Å². The molecule has 0 aromatic heterocycles. The van der Waals surface area contributed by atoms with Gasteiger partial charge in [0.1, 0.15) is 0 Å². The van der Waals surface area contributed by atoms with Crippen molar-refractivity contribution in [2.75, 3.05) is 25.0 Å². The molecule has 33 heavy (non-hydrogen) atoms. The van der Waals surface area contributed by atoms with Crippen LogP contribution in [0.5, 0.6) is 0 Å². The molecule has 3 aromatic rings. The third kappa shape index (κ3) is 5.66. The van der Waals surface area contributed by atoms with Gasteiger partial charge in [-0.15, -0.1) is 0 Å². The molecule has 0 unspecified atom stereocenters. The van der Waals surface area contributed by atoms with Gasteiger partial charge >= 0.3 is 5.97 Å². The number of nitrogens with one attached hydrogen (secondary N) is 1. The highest BCUT2D eigenvalue weighted by Crippen LogP contribution is 2.24. The molecule has 3 aromatic carbocycles. The second kappa shape index (κ2) is 10.6. The number of likely N-dealkylation sites (tertiary alicyclic amines) is 1. The average molecular weight is 443 g/mol. The lowest BCUT2D eigenvalue weighted by atomic mass is 9.95. The Kier molecular flexibility index (Phi) is 7.15. The first-order valence-electron chi connectivity index (χ1n) is 11.1. The molecule has 1 heterocycles. The van der Waals surface area contributed by atoms with E-state index in [1.165, 1.54) is 0 Å². The Hall–Kier alpha value is -3.93. The SMILES string of the molecule is O=C(OCC(=O)N1CCC(C(=O)Nc2ccccc2)CC1)c1ccccc1-c1ccccc1. The van der Waals surface area contributed by atoms with Gasteiger partial charge in [0.15, 0.2) is 6.61 Å². The zero-order valence-corrected chi connectivity index (χ0v) is 18.3. The zero-order chi connectivity index (χ0) is 23.0. The van der Waals surface area contributed by atoms with Gasteiger partial charge in [-0.1, -0.05) is 66.7 Å². The fraction of sp³-hybridized carbons (Fsp3) is 0.222. The predicted octanol–water partition coefficient (Wildman–Crippen LogP) is 4.39. The number of piperidine rings is 1. The summed E-state index contributed by atoms with van der Waals surface area (Å²) in [7, 11) is 0. The Morgan fingerprint density at radius 3 is 2.12 bits per heavy atom. The minimum absolute atomic E-state index is 0.0303. The van der Waals surface area contributed by atoms with Crippen molar-refractivity contribution in [1.29, 1.82) is 0 Å². The molecule has 4 rings (SSSR count). The summed E-state index contributed by atoms with van der Waals surface area (Å²) in [4.78, 5) is 39.4. The Morgan fingerprint density at radius 1 is 0.818 bits per heavy atom. The van der Waals surface area contributed by atoms with E-state index in [1.54, 1.807) is 17.0 Å². The highest BCUT2D eigenvalue weighted by molar-refractivity contribution is 5.98. The Labute approximate surface area is 193 Å². The summed E-state index contributed by atoms with van der Waals surface area (Å²) < 4.78 is 5.35. The number of para-hydroxylation sites is 1. The molecule has 6 heteroatoms. The van der Waals surface area contributed by atoms with E-state index in [9.17, 15) is 14.4 Å². The molecule has 0 spiro atoms. The molecular weight excluding hydrogens is 416 g/mol. The largest absolute Gasteiger partial charge is 0.452 e. The van der Waals surface area contributed by atoms with Crippen LogP contribution in [0.1, 0.15) is 23.2 Å². The molecule has 0 atom stereocenters. The fourth-order valence-electron chi connectivity index (χ4n) is 3.98. The van der Waals surface area contributed by atoms with Crippen LogP contribution in [0.25, 0.3) is 11.1 Å². The number of hydrogen-bond acceptors (Lipinski definition) is 4. The molecular formula is C27H26N2O4. The van der Waals surface area contributed by atoms with Gasteiger partial charge in [0.05, 0.1) is 5.56 Å². The summed E-state index contributed by atoms with van der Waals surface area (Å²) in [5, 5.41) is 2.92.